The molecule has 1 rings (SSSR count). The summed E-state index contributed by atoms with van der Waals surface area (Å²) in [7, 11) is 0. The second kappa shape index (κ2) is 6.58. The van der Waals surface area contributed by atoms with Crippen molar-refractivity contribution in [1.29, 1.82) is 0 Å². The predicted molar refractivity (Wildman–Crippen MR) is 83.7 cm³/mol. The van der Waals surface area contributed by atoms with E-state index in [1.165, 1.54) is 24.2 Å². The van der Waals surface area contributed by atoms with Crippen LogP contribution in [-0.2, 0) is 12.0 Å². The molecule has 0 saturated heterocycles. The van der Waals surface area contributed by atoms with Crippen molar-refractivity contribution in [2.75, 3.05) is 0 Å². The normalized spacial score (nSPS) is 14.1. The lowest BCUT2D eigenvalue weighted by Crippen LogP contribution is -2.22. The zero-order valence-electron chi connectivity index (χ0n) is 14.0. The molecule has 0 amide bonds. The maximum absolute atomic E-state index is 4.78. The molecule has 0 aliphatic rings. The van der Waals surface area contributed by atoms with Crippen LogP contribution in [-0.4, -0.2) is 9.55 Å². The van der Waals surface area contributed by atoms with Gasteiger partial charge in [0, 0.05) is 23.6 Å². The van der Waals surface area contributed by atoms with E-state index in [1.54, 1.807) is 0 Å². The summed E-state index contributed by atoms with van der Waals surface area (Å²) in [5.74, 6) is 1.23. The molecular weight excluding hydrogens is 232 g/mol. The van der Waals surface area contributed by atoms with E-state index in [2.05, 4.69) is 59.4 Å². The van der Waals surface area contributed by atoms with Gasteiger partial charge < -0.3 is 4.57 Å². The number of imidazole rings is 1. The zero-order valence-corrected chi connectivity index (χ0v) is 14.0. The lowest BCUT2D eigenvalue weighted by molar-refractivity contribution is 0.446. The van der Waals surface area contributed by atoms with Crippen LogP contribution >= 0.6 is 0 Å². The molecule has 2 heteroatoms. The average Bonchev–Trinajstić information content (AvgIpc) is 2.79. The second-order valence-corrected chi connectivity index (χ2v) is 6.80. The minimum atomic E-state index is 0.177. The van der Waals surface area contributed by atoms with Gasteiger partial charge in [0.05, 0.1) is 12.0 Å². The molecular formula is C17H32N2. The molecule has 0 aliphatic carbocycles. The Labute approximate surface area is 119 Å². The SMILES string of the molecule is CCCCn1cnc(C(C)(C)CC)c1C(C)C(C)C. The molecule has 0 aliphatic heterocycles. The highest BCUT2D eigenvalue weighted by molar-refractivity contribution is 5.25. The molecule has 0 N–H and O–H groups in total. The van der Waals surface area contributed by atoms with Gasteiger partial charge in [0.25, 0.3) is 0 Å². The van der Waals surface area contributed by atoms with E-state index in [0.717, 1.165) is 13.0 Å². The molecule has 1 atom stereocenters. The van der Waals surface area contributed by atoms with Gasteiger partial charge in [-0.05, 0) is 18.8 Å². The number of aromatic nitrogens is 2. The lowest BCUT2D eigenvalue weighted by Gasteiger charge is -2.27. The molecule has 0 fully saturated rings. The molecule has 1 unspecified atom stereocenters. The largest absolute Gasteiger partial charge is 0.334 e. The number of aryl methyl sites for hydroxylation is 1. The second-order valence-electron chi connectivity index (χ2n) is 6.80. The van der Waals surface area contributed by atoms with Crippen LogP contribution in [0, 0.1) is 5.92 Å². The van der Waals surface area contributed by atoms with Crippen LogP contribution in [0.3, 0.4) is 0 Å². The Kier molecular flexibility index (Phi) is 5.64. The number of rotatable bonds is 7. The van der Waals surface area contributed by atoms with Crippen LogP contribution in [0.25, 0.3) is 0 Å². The Balaban J connectivity index is 3.21. The van der Waals surface area contributed by atoms with E-state index < -0.39 is 0 Å². The van der Waals surface area contributed by atoms with Crippen molar-refractivity contribution in [3.05, 3.63) is 17.7 Å². The van der Waals surface area contributed by atoms with Crippen LogP contribution in [0.4, 0.5) is 0 Å². The highest BCUT2D eigenvalue weighted by Crippen LogP contribution is 2.35. The van der Waals surface area contributed by atoms with E-state index in [9.17, 15) is 0 Å². The van der Waals surface area contributed by atoms with Crippen molar-refractivity contribution in [1.82, 2.24) is 9.55 Å². The molecule has 1 aromatic heterocycles. The highest BCUT2D eigenvalue weighted by atomic mass is 15.1. The Bertz CT molecular complexity index is 388. The molecule has 1 heterocycles. The minimum Gasteiger partial charge on any atom is -0.334 e. The summed E-state index contributed by atoms with van der Waals surface area (Å²) in [4.78, 5) is 4.78. The third-order valence-corrected chi connectivity index (χ3v) is 4.59. The van der Waals surface area contributed by atoms with Gasteiger partial charge in [0.2, 0.25) is 0 Å². The Morgan fingerprint density at radius 2 is 1.84 bits per heavy atom. The maximum atomic E-state index is 4.78. The smallest absolute Gasteiger partial charge is 0.0951 e. The van der Waals surface area contributed by atoms with Gasteiger partial charge >= 0.3 is 0 Å². The summed E-state index contributed by atoms with van der Waals surface area (Å²) in [5.41, 5.74) is 2.96. The van der Waals surface area contributed by atoms with Crippen molar-refractivity contribution >= 4 is 0 Å². The van der Waals surface area contributed by atoms with Gasteiger partial charge in [-0.2, -0.15) is 0 Å². The molecule has 0 aromatic carbocycles. The third-order valence-electron chi connectivity index (χ3n) is 4.59. The van der Waals surface area contributed by atoms with Gasteiger partial charge in [-0.3, -0.25) is 0 Å². The van der Waals surface area contributed by atoms with E-state index in [1.807, 2.05) is 0 Å². The van der Waals surface area contributed by atoms with Crippen LogP contribution < -0.4 is 0 Å². The fourth-order valence-electron chi connectivity index (χ4n) is 2.38. The molecule has 1 aromatic rings. The third kappa shape index (κ3) is 3.61. The lowest BCUT2D eigenvalue weighted by atomic mass is 9.81. The van der Waals surface area contributed by atoms with E-state index in [0.29, 0.717) is 11.8 Å². The summed E-state index contributed by atoms with van der Waals surface area (Å²) in [5, 5.41) is 0. The molecule has 0 radical (unpaired) electrons. The molecule has 0 spiro atoms. The van der Waals surface area contributed by atoms with Crippen molar-refractivity contribution in [2.24, 2.45) is 5.92 Å². The number of hydrogen-bond donors (Lipinski definition) is 0. The Morgan fingerprint density at radius 1 is 1.21 bits per heavy atom. The average molecular weight is 264 g/mol. The summed E-state index contributed by atoms with van der Waals surface area (Å²) < 4.78 is 2.40. The summed E-state index contributed by atoms with van der Waals surface area (Å²) in [6.07, 6.45) is 5.67. The molecule has 2 nitrogen and oxygen atoms in total. The number of hydrogen-bond acceptors (Lipinski definition) is 1. The van der Waals surface area contributed by atoms with Gasteiger partial charge in [-0.1, -0.05) is 54.9 Å². The predicted octanol–water partition coefficient (Wildman–Crippen LogP) is 5.13. The fraction of sp³-hybridized carbons (Fsp3) is 0.824. The molecule has 0 bridgehead atoms. The quantitative estimate of drug-likeness (QED) is 0.667. The molecule has 19 heavy (non-hydrogen) atoms. The highest BCUT2D eigenvalue weighted by Gasteiger charge is 2.29. The summed E-state index contributed by atoms with van der Waals surface area (Å²) >= 11 is 0. The van der Waals surface area contributed by atoms with Gasteiger partial charge in [-0.15, -0.1) is 0 Å². The van der Waals surface area contributed by atoms with Crippen molar-refractivity contribution in [3.8, 4) is 0 Å². The molecule has 0 saturated carbocycles. The first kappa shape index (κ1) is 16.3. The van der Waals surface area contributed by atoms with Crippen molar-refractivity contribution < 1.29 is 0 Å². The zero-order chi connectivity index (χ0) is 14.6. The first-order valence-corrected chi connectivity index (χ1v) is 7.90. The van der Waals surface area contributed by atoms with Crippen LogP contribution in [0.5, 0.6) is 0 Å². The van der Waals surface area contributed by atoms with E-state index in [-0.39, 0.29) is 5.41 Å². The maximum Gasteiger partial charge on any atom is 0.0951 e. The van der Waals surface area contributed by atoms with Gasteiger partial charge in [0.1, 0.15) is 0 Å². The van der Waals surface area contributed by atoms with Crippen molar-refractivity contribution in [2.45, 2.75) is 85.6 Å². The van der Waals surface area contributed by atoms with Crippen LogP contribution in [0.15, 0.2) is 6.33 Å². The standard InChI is InChI=1S/C17H32N2/c1-8-10-11-19-12-18-16(17(6,7)9-2)15(19)14(5)13(3)4/h12-14H,8-11H2,1-7H3. The summed E-state index contributed by atoms with van der Waals surface area (Å²) in [6.45, 7) is 17.2. The topological polar surface area (TPSA) is 17.8 Å². The Morgan fingerprint density at radius 3 is 2.32 bits per heavy atom. The Hall–Kier alpha value is -0.790. The number of nitrogens with zero attached hydrogens (tertiary/aromatic N) is 2. The first-order valence-electron chi connectivity index (χ1n) is 7.90. The monoisotopic (exact) mass is 264 g/mol. The molecule has 110 valence electrons. The van der Waals surface area contributed by atoms with Crippen molar-refractivity contribution in [3.63, 3.8) is 0 Å². The van der Waals surface area contributed by atoms with Crippen LogP contribution in [0.2, 0.25) is 0 Å². The summed E-state index contributed by atoms with van der Waals surface area (Å²) in [6, 6.07) is 0. The van der Waals surface area contributed by atoms with E-state index in [4.69, 9.17) is 4.98 Å². The van der Waals surface area contributed by atoms with Crippen LogP contribution in [0.1, 0.15) is 85.0 Å². The number of unbranched alkanes of at least 4 members (excludes halogenated alkanes) is 1. The fourth-order valence-corrected chi connectivity index (χ4v) is 2.38. The van der Waals surface area contributed by atoms with Gasteiger partial charge in [0.15, 0.2) is 0 Å². The van der Waals surface area contributed by atoms with Gasteiger partial charge in [-0.25, -0.2) is 4.98 Å². The van der Waals surface area contributed by atoms with E-state index >= 15 is 0 Å². The minimum absolute atomic E-state index is 0.177. The first-order chi connectivity index (χ1) is 8.85.